The van der Waals surface area contributed by atoms with Gasteiger partial charge in [-0.2, -0.15) is 8.42 Å². The quantitative estimate of drug-likeness (QED) is 0.814. The van der Waals surface area contributed by atoms with Gasteiger partial charge in [0.1, 0.15) is 22.3 Å². The average molecular weight is 284 g/mol. The van der Waals surface area contributed by atoms with E-state index in [2.05, 4.69) is 0 Å². The molecule has 2 aromatic rings. The summed E-state index contributed by atoms with van der Waals surface area (Å²) in [6.07, 6.45) is 0. The van der Waals surface area contributed by atoms with E-state index >= 15 is 0 Å². The number of para-hydroxylation sites is 1. The third-order valence-corrected chi connectivity index (χ3v) is 3.73. The summed E-state index contributed by atoms with van der Waals surface area (Å²) in [7, 11) is -4.32. The lowest BCUT2D eigenvalue weighted by Crippen LogP contribution is -2.12. The molecular weight excluding hydrogens is 274 g/mol. The molecular formula is C13H10F2O3S. The predicted molar refractivity (Wildman–Crippen MR) is 65.4 cm³/mol. The Kier molecular flexibility index (Phi) is 3.53. The highest BCUT2D eigenvalue weighted by Gasteiger charge is 2.22. The summed E-state index contributed by atoms with van der Waals surface area (Å²) in [6.45, 7) is 1.66. The van der Waals surface area contributed by atoms with E-state index in [9.17, 15) is 17.2 Å². The van der Waals surface area contributed by atoms with Crippen LogP contribution in [0.4, 0.5) is 8.78 Å². The van der Waals surface area contributed by atoms with Crippen molar-refractivity contribution in [1.82, 2.24) is 0 Å². The first-order valence-corrected chi connectivity index (χ1v) is 6.76. The van der Waals surface area contributed by atoms with E-state index < -0.39 is 26.6 Å². The SMILES string of the molecule is Cc1ccccc1OS(=O)(=O)c1ccc(F)cc1F. The van der Waals surface area contributed by atoms with Crippen LogP contribution in [0.1, 0.15) is 5.56 Å². The van der Waals surface area contributed by atoms with Crippen LogP contribution in [0, 0.1) is 18.6 Å². The molecule has 3 nitrogen and oxygen atoms in total. The highest BCUT2D eigenvalue weighted by atomic mass is 32.2. The van der Waals surface area contributed by atoms with Crippen LogP contribution < -0.4 is 4.18 Å². The number of halogens is 2. The Hall–Kier alpha value is -1.95. The molecule has 0 N–H and O–H groups in total. The van der Waals surface area contributed by atoms with Gasteiger partial charge in [0.2, 0.25) is 0 Å². The first-order valence-electron chi connectivity index (χ1n) is 5.35. The van der Waals surface area contributed by atoms with Crippen molar-refractivity contribution in [3.8, 4) is 5.75 Å². The zero-order valence-electron chi connectivity index (χ0n) is 9.93. The Labute approximate surface area is 109 Å². The Morgan fingerprint density at radius 1 is 1.05 bits per heavy atom. The Morgan fingerprint density at radius 2 is 1.74 bits per heavy atom. The summed E-state index contributed by atoms with van der Waals surface area (Å²) < 4.78 is 54.9. The molecule has 0 saturated carbocycles. The molecule has 0 atom stereocenters. The largest absolute Gasteiger partial charge is 0.379 e. The van der Waals surface area contributed by atoms with Gasteiger partial charge in [0, 0.05) is 6.07 Å². The second-order valence-corrected chi connectivity index (χ2v) is 5.39. The zero-order chi connectivity index (χ0) is 14.0. The molecule has 0 fully saturated rings. The summed E-state index contributed by atoms with van der Waals surface area (Å²) in [4.78, 5) is -0.697. The average Bonchev–Trinajstić information content (AvgIpc) is 2.31. The minimum absolute atomic E-state index is 0.103. The fourth-order valence-corrected chi connectivity index (χ4v) is 2.54. The molecule has 0 radical (unpaired) electrons. The Morgan fingerprint density at radius 3 is 2.37 bits per heavy atom. The summed E-state index contributed by atoms with van der Waals surface area (Å²) >= 11 is 0. The third kappa shape index (κ3) is 2.90. The lowest BCUT2D eigenvalue weighted by atomic mass is 10.2. The van der Waals surface area contributed by atoms with Gasteiger partial charge in [-0.25, -0.2) is 8.78 Å². The Balaban J connectivity index is 2.41. The molecule has 0 aliphatic heterocycles. The minimum Gasteiger partial charge on any atom is -0.379 e. The molecule has 0 bridgehead atoms. The van der Waals surface area contributed by atoms with E-state index in [-0.39, 0.29) is 5.75 Å². The van der Waals surface area contributed by atoms with Crippen molar-refractivity contribution < 1.29 is 21.4 Å². The van der Waals surface area contributed by atoms with Gasteiger partial charge in [0.05, 0.1) is 0 Å². The van der Waals surface area contributed by atoms with Crippen LogP contribution in [0.25, 0.3) is 0 Å². The fourth-order valence-electron chi connectivity index (χ4n) is 1.49. The summed E-state index contributed by atoms with van der Waals surface area (Å²) in [5.41, 5.74) is 0.591. The lowest BCUT2D eigenvalue weighted by molar-refractivity contribution is 0.473. The summed E-state index contributed by atoms with van der Waals surface area (Å²) in [5, 5.41) is 0. The van der Waals surface area contributed by atoms with Crippen molar-refractivity contribution in [2.24, 2.45) is 0 Å². The van der Waals surface area contributed by atoms with Crippen LogP contribution in [0.2, 0.25) is 0 Å². The number of hydrogen-bond acceptors (Lipinski definition) is 3. The van der Waals surface area contributed by atoms with Crippen molar-refractivity contribution in [2.75, 3.05) is 0 Å². The highest BCUT2D eigenvalue weighted by Crippen LogP contribution is 2.23. The van der Waals surface area contributed by atoms with Gasteiger partial charge in [-0.3, -0.25) is 0 Å². The smallest absolute Gasteiger partial charge is 0.342 e. The second kappa shape index (κ2) is 4.97. The maximum atomic E-state index is 13.5. The van der Waals surface area contributed by atoms with Gasteiger partial charge in [-0.15, -0.1) is 0 Å². The van der Waals surface area contributed by atoms with Crippen LogP contribution in [-0.4, -0.2) is 8.42 Å². The van der Waals surface area contributed by atoms with Crippen molar-refractivity contribution in [2.45, 2.75) is 11.8 Å². The molecule has 0 saturated heterocycles. The van der Waals surface area contributed by atoms with Gasteiger partial charge >= 0.3 is 10.1 Å². The maximum Gasteiger partial charge on any atom is 0.342 e. The molecule has 0 heterocycles. The van der Waals surface area contributed by atoms with Crippen molar-refractivity contribution in [3.63, 3.8) is 0 Å². The molecule has 2 aromatic carbocycles. The first-order chi connectivity index (χ1) is 8.90. The van der Waals surface area contributed by atoms with Crippen molar-refractivity contribution in [1.29, 1.82) is 0 Å². The van der Waals surface area contributed by atoms with Gasteiger partial charge in [0.15, 0.2) is 0 Å². The topological polar surface area (TPSA) is 43.4 Å². The van der Waals surface area contributed by atoms with Crippen LogP contribution in [0.5, 0.6) is 5.75 Å². The monoisotopic (exact) mass is 284 g/mol. The molecule has 0 spiro atoms. The number of aryl methyl sites for hydroxylation is 1. The number of hydrogen-bond donors (Lipinski definition) is 0. The van der Waals surface area contributed by atoms with E-state index in [0.717, 1.165) is 12.1 Å². The van der Waals surface area contributed by atoms with Crippen LogP contribution in [-0.2, 0) is 10.1 Å². The van der Waals surface area contributed by atoms with Gasteiger partial charge in [-0.05, 0) is 30.7 Å². The standard InChI is InChI=1S/C13H10F2O3S/c1-9-4-2-3-5-12(9)18-19(16,17)13-7-6-10(14)8-11(13)15/h2-8H,1H3. The van der Waals surface area contributed by atoms with E-state index in [1.807, 2.05) is 0 Å². The highest BCUT2D eigenvalue weighted by molar-refractivity contribution is 7.87. The first kappa shape index (κ1) is 13.5. The van der Waals surface area contributed by atoms with E-state index in [1.54, 1.807) is 25.1 Å². The summed E-state index contributed by atoms with van der Waals surface area (Å²) in [5.74, 6) is -1.94. The Bertz CT molecular complexity index is 712. The molecule has 0 amide bonds. The molecule has 2 rings (SSSR count). The van der Waals surface area contributed by atoms with Crippen LogP contribution in [0.3, 0.4) is 0 Å². The molecule has 6 heteroatoms. The van der Waals surface area contributed by atoms with Crippen molar-refractivity contribution >= 4 is 10.1 Å². The third-order valence-electron chi connectivity index (χ3n) is 2.46. The van der Waals surface area contributed by atoms with E-state index in [1.165, 1.54) is 6.07 Å². The van der Waals surface area contributed by atoms with Crippen LogP contribution >= 0.6 is 0 Å². The van der Waals surface area contributed by atoms with Gasteiger partial charge in [0.25, 0.3) is 0 Å². The van der Waals surface area contributed by atoms with Gasteiger partial charge in [-0.1, -0.05) is 18.2 Å². The maximum absolute atomic E-state index is 13.5. The van der Waals surface area contributed by atoms with Crippen molar-refractivity contribution in [3.05, 3.63) is 59.7 Å². The summed E-state index contributed by atoms with van der Waals surface area (Å²) in [6, 6.07) is 8.61. The lowest BCUT2D eigenvalue weighted by Gasteiger charge is -2.09. The van der Waals surface area contributed by atoms with Crippen LogP contribution in [0.15, 0.2) is 47.4 Å². The number of benzene rings is 2. The fraction of sp³-hybridized carbons (Fsp3) is 0.0769. The molecule has 0 unspecified atom stereocenters. The molecule has 100 valence electrons. The van der Waals surface area contributed by atoms with E-state index in [4.69, 9.17) is 4.18 Å². The molecule has 19 heavy (non-hydrogen) atoms. The zero-order valence-corrected chi connectivity index (χ0v) is 10.7. The van der Waals surface area contributed by atoms with E-state index in [0.29, 0.717) is 11.6 Å². The number of rotatable bonds is 3. The molecule has 0 aliphatic rings. The molecule has 0 aromatic heterocycles. The predicted octanol–water partition coefficient (Wildman–Crippen LogP) is 3.04. The van der Waals surface area contributed by atoms with Gasteiger partial charge < -0.3 is 4.18 Å². The molecule has 0 aliphatic carbocycles. The second-order valence-electron chi connectivity index (χ2n) is 3.88. The minimum atomic E-state index is -4.32. The normalized spacial score (nSPS) is 11.3.